The number of carbonyl (C=O) groups is 1. The van der Waals surface area contributed by atoms with Crippen molar-refractivity contribution in [3.63, 3.8) is 0 Å². The first kappa shape index (κ1) is 12.1. The van der Waals surface area contributed by atoms with Crippen LogP contribution >= 0.6 is 0 Å². The maximum absolute atomic E-state index is 11.8. The van der Waals surface area contributed by atoms with Crippen LogP contribution in [0.15, 0.2) is 4.52 Å². The molecule has 1 aliphatic rings. The molecular weight excluding hydrogens is 220 g/mol. The van der Waals surface area contributed by atoms with Crippen LogP contribution in [-0.4, -0.2) is 30.3 Å². The summed E-state index contributed by atoms with van der Waals surface area (Å²) < 4.78 is 10.4. The number of rotatable bonds is 3. The van der Waals surface area contributed by atoms with E-state index in [1.54, 1.807) is 0 Å². The molecular formula is C12H18N2O3. The predicted molar refractivity (Wildman–Crippen MR) is 61.7 cm³/mol. The fourth-order valence-corrected chi connectivity index (χ4v) is 2.05. The van der Waals surface area contributed by atoms with Crippen molar-refractivity contribution in [1.82, 2.24) is 10.5 Å². The summed E-state index contributed by atoms with van der Waals surface area (Å²) in [5.74, 6) is 0.729. The minimum absolute atomic E-state index is 0.00917. The van der Waals surface area contributed by atoms with Crippen molar-refractivity contribution < 1.29 is 14.1 Å². The maximum atomic E-state index is 11.8. The van der Waals surface area contributed by atoms with Crippen molar-refractivity contribution in [3.05, 3.63) is 17.0 Å². The average Bonchev–Trinajstić information content (AvgIpc) is 2.62. The van der Waals surface area contributed by atoms with Gasteiger partial charge in [0.1, 0.15) is 5.76 Å². The van der Waals surface area contributed by atoms with Gasteiger partial charge in [-0.2, -0.15) is 0 Å². The molecule has 0 aliphatic carbocycles. The van der Waals surface area contributed by atoms with Crippen LogP contribution in [0, 0.1) is 13.8 Å². The Morgan fingerprint density at radius 1 is 1.53 bits per heavy atom. The predicted octanol–water partition coefficient (Wildman–Crippen LogP) is 1.13. The first-order valence-electron chi connectivity index (χ1n) is 5.95. The first-order chi connectivity index (χ1) is 8.16. The van der Waals surface area contributed by atoms with Gasteiger partial charge in [-0.3, -0.25) is 4.79 Å². The minimum atomic E-state index is 0.00917. The molecule has 1 amide bonds. The molecule has 0 bridgehead atoms. The zero-order valence-corrected chi connectivity index (χ0v) is 10.3. The molecule has 1 aliphatic heterocycles. The maximum Gasteiger partial charge on any atom is 0.224 e. The molecule has 17 heavy (non-hydrogen) atoms. The Balaban J connectivity index is 1.88. The number of nitrogens with zero attached hydrogens (tertiary/aromatic N) is 1. The molecule has 1 N–H and O–H groups in total. The summed E-state index contributed by atoms with van der Waals surface area (Å²) in [7, 11) is 0. The van der Waals surface area contributed by atoms with E-state index in [4.69, 9.17) is 9.26 Å². The summed E-state index contributed by atoms with van der Waals surface area (Å²) in [4.78, 5) is 11.8. The molecule has 5 nitrogen and oxygen atoms in total. The fraction of sp³-hybridized carbons (Fsp3) is 0.667. The van der Waals surface area contributed by atoms with Gasteiger partial charge < -0.3 is 14.6 Å². The van der Waals surface area contributed by atoms with Gasteiger partial charge in [0, 0.05) is 12.2 Å². The lowest BCUT2D eigenvalue weighted by Crippen LogP contribution is -2.41. The van der Waals surface area contributed by atoms with Gasteiger partial charge in [-0.1, -0.05) is 5.16 Å². The topological polar surface area (TPSA) is 64.4 Å². The van der Waals surface area contributed by atoms with E-state index in [-0.39, 0.29) is 11.9 Å². The minimum Gasteiger partial charge on any atom is -0.379 e. The van der Waals surface area contributed by atoms with Crippen LogP contribution in [0.5, 0.6) is 0 Å². The average molecular weight is 238 g/mol. The van der Waals surface area contributed by atoms with Crippen molar-refractivity contribution in [2.24, 2.45) is 0 Å². The monoisotopic (exact) mass is 238 g/mol. The Labute approximate surface area is 101 Å². The lowest BCUT2D eigenvalue weighted by molar-refractivity contribution is -0.122. The van der Waals surface area contributed by atoms with Gasteiger partial charge >= 0.3 is 0 Å². The van der Waals surface area contributed by atoms with Crippen LogP contribution in [0.25, 0.3) is 0 Å². The molecule has 0 aromatic carbocycles. The lowest BCUT2D eigenvalue weighted by atomic mass is 10.1. The van der Waals surface area contributed by atoms with E-state index in [9.17, 15) is 4.79 Å². The van der Waals surface area contributed by atoms with E-state index in [1.165, 1.54) is 0 Å². The molecule has 1 aromatic rings. The molecule has 2 heterocycles. The highest BCUT2D eigenvalue weighted by atomic mass is 16.5. The zero-order valence-electron chi connectivity index (χ0n) is 10.3. The molecule has 1 atom stereocenters. The highest BCUT2D eigenvalue weighted by Gasteiger charge is 2.18. The third kappa shape index (κ3) is 3.06. The van der Waals surface area contributed by atoms with Crippen LogP contribution < -0.4 is 5.32 Å². The smallest absolute Gasteiger partial charge is 0.224 e. The number of carbonyl (C=O) groups excluding carboxylic acids is 1. The van der Waals surface area contributed by atoms with Crippen molar-refractivity contribution in [3.8, 4) is 0 Å². The van der Waals surface area contributed by atoms with Gasteiger partial charge in [-0.05, 0) is 26.7 Å². The first-order valence-corrected chi connectivity index (χ1v) is 5.95. The SMILES string of the molecule is Cc1noc(C)c1CC(=O)N[C@H]1CCCOC1. The molecule has 0 radical (unpaired) electrons. The second-order valence-electron chi connectivity index (χ2n) is 4.46. The van der Waals surface area contributed by atoms with E-state index in [1.807, 2.05) is 13.8 Å². The van der Waals surface area contributed by atoms with E-state index in [0.717, 1.165) is 36.5 Å². The zero-order chi connectivity index (χ0) is 12.3. The van der Waals surface area contributed by atoms with Gasteiger partial charge in [-0.25, -0.2) is 0 Å². The number of amides is 1. The normalized spacial score (nSPS) is 20.2. The second-order valence-corrected chi connectivity index (χ2v) is 4.46. The summed E-state index contributed by atoms with van der Waals surface area (Å²) in [5.41, 5.74) is 1.68. The fourth-order valence-electron chi connectivity index (χ4n) is 2.05. The van der Waals surface area contributed by atoms with Crippen LogP contribution in [0.3, 0.4) is 0 Å². The van der Waals surface area contributed by atoms with Gasteiger partial charge in [0.25, 0.3) is 0 Å². The number of aromatic nitrogens is 1. The number of nitrogens with one attached hydrogen (secondary N) is 1. The summed E-state index contributed by atoms with van der Waals surface area (Å²) in [5, 5.41) is 6.81. The number of aryl methyl sites for hydroxylation is 2. The van der Waals surface area contributed by atoms with E-state index in [0.29, 0.717) is 13.0 Å². The summed E-state index contributed by atoms with van der Waals surface area (Å²) in [6.07, 6.45) is 2.33. The van der Waals surface area contributed by atoms with Gasteiger partial charge in [0.15, 0.2) is 0 Å². The Morgan fingerprint density at radius 3 is 2.94 bits per heavy atom. The van der Waals surface area contributed by atoms with Gasteiger partial charge in [0.05, 0.1) is 24.8 Å². The van der Waals surface area contributed by atoms with Crippen molar-refractivity contribution in [2.45, 2.75) is 39.2 Å². The quantitative estimate of drug-likeness (QED) is 0.857. The third-order valence-electron chi connectivity index (χ3n) is 3.04. The van der Waals surface area contributed by atoms with E-state index < -0.39 is 0 Å². The number of hydrogen-bond acceptors (Lipinski definition) is 4. The molecule has 0 unspecified atom stereocenters. The molecule has 0 spiro atoms. The largest absolute Gasteiger partial charge is 0.379 e. The number of ether oxygens (including phenoxy) is 1. The molecule has 1 fully saturated rings. The molecule has 1 saturated heterocycles. The Kier molecular flexibility index (Phi) is 3.78. The van der Waals surface area contributed by atoms with Gasteiger partial charge in [0.2, 0.25) is 5.91 Å². The standard InChI is InChI=1S/C12H18N2O3/c1-8-11(9(2)17-14-8)6-12(15)13-10-4-3-5-16-7-10/h10H,3-7H2,1-2H3,(H,13,15)/t10-/m0/s1. The van der Waals surface area contributed by atoms with Crippen LogP contribution in [0.2, 0.25) is 0 Å². The number of hydrogen-bond donors (Lipinski definition) is 1. The molecule has 2 rings (SSSR count). The van der Waals surface area contributed by atoms with Gasteiger partial charge in [-0.15, -0.1) is 0 Å². The lowest BCUT2D eigenvalue weighted by Gasteiger charge is -2.23. The van der Waals surface area contributed by atoms with Crippen molar-refractivity contribution in [2.75, 3.05) is 13.2 Å². The van der Waals surface area contributed by atoms with Crippen molar-refractivity contribution >= 4 is 5.91 Å². The molecule has 0 saturated carbocycles. The Bertz CT molecular complexity index is 375. The summed E-state index contributed by atoms with van der Waals surface area (Å²) >= 11 is 0. The van der Waals surface area contributed by atoms with Crippen LogP contribution in [-0.2, 0) is 16.0 Å². The van der Waals surface area contributed by atoms with E-state index >= 15 is 0 Å². The molecule has 1 aromatic heterocycles. The second kappa shape index (κ2) is 5.31. The Hall–Kier alpha value is -1.36. The highest BCUT2D eigenvalue weighted by Crippen LogP contribution is 2.13. The highest BCUT2D eigenvalue weighted by molar-refractivity contribution is 5.79. The summed E-state index contributed by atoms with van der Waals surface area (Å²) in [6, 6.07) is 0.150. The Morgan fingerprint density at radius 2 is 2.35 bits per heavy atom. The molecule has 5 heteroatoms. The molecule has 94 valence electrons. The van der Waals surface area contributed by atoms with Crippen LogP contribution in [0.1, 0.15) is 29.9 Å². The van der Waals surface area contributed by atoms with Crippen LogP contribution in [0.4, 0.5) is 0 Å². The van der Waals surface area contributed by atoms with E-state index in [2.05, 4.69) is 10.5 Å². The van der Waals surface area contributed by atoms with Crippen molar-refractivity contribution in [1.29, 1.82) is 0 Å². The summed E-state index contributed by atoms with van der Waals surface area (Å²) in [6.45, 7) is 5.10. The third-order valence-corrected chi connectivity index (χ3v) is 3.04.